The minimum Gasteiger partial charge on any atom is -0.386 e. The number of amides is 3. The van der Waals surface area contributed by atoms with Crippen LogP contribution in [0.2, 0.25) is 0 Å². The minimum atomic E-state index is -0.367. The second kappa shape index (κ2) is 13.0. The molecule has 3 aromatic rings. The van der Waals surface area contributed by atoms with Gasteiger partial charge in [-0.2, -0.15) is 0 Å². The lowest BCUT2D eigenvalue weighted by Gasteiger charge is -2.12. The molecule has 11 N–H and O–H groups in total. The van der Waals surface area contributed by atoms with Gasteiger partial charge in [-0.1, -0.05) is 20.4 Å². The largest absolute Gasteiger partial charge is 0.386 e. The van der Waals surface area contributed by atoms with Gasteiger partial charge < -0.3 is 48.0 Å². The second-order valence-corrected chi connectivity index (χ2v) is 9.41. The van der Waals surface area contributed by atoms with Crippen LogP contribution < -0.4 is 38.5 Å². The molecule has 0 spiro atoms. The maximum absolute atomic E-state index is 13.0. The molecule has 0 radical (unpaired) electrons. The van der Waals surface area contributed by atoms with Crippen LogP contribution in [-0.2, 0) is 11.3 Å². The molecule has 0 fully saturated rings. The summed E-state index contributed by atoms with van der Waals surface area (Å²) in [5.74, 6) is -0.326. The molecule has 3 amide bonds. The van der Waals surface area contributed by atoms with Crippen LogP contribution >= 0.6 is 0 Å². The maximum Gasteiger partial charge on any atom is 0.272 e. The Morgan fingerprint density at radius 1 is 1.00 bits per heavy atom. The average molecular weight is 537 g/mol. The highest BCUT2D eigenvalue weighted by molar-refractivity contribution is 6.07. The van der Waals surface area contributed by atoms with E-state index in [1.807, 2.05) is 18.4 Å². The zero-order chi connectivity index (χ0) is 28.5. The molecular weight excluding hydrogens is 500 g/mol. The topological polar surface area (TPSA) is 210 Å². The molecule has 3 rings (SSSR count). The molecule has 0 saturated heterocycles. The minimum absolute atomic E-state index is 0.0684. The van der Waals surface area contributed by atoms with E-state index >= 15 is 0 Å². The number of aliphatic imine (C=N–C) groups is 1. The number of carbonyl (C=O) groups is 3. The van der Waals surface area contributed by atoms with Gasteiger partial charge >= 0.3 is 0 Å². The Morgan fingerprint density at radius 2 is 1.74 bits per heavy atom. The molecule has 0 aliphatic heterocycles. The van der Waals surface area contributed by atoms with Crippen LogP contribution in [0.4, 0.5) is 11.4 Å². The quantitative estimate of drug-likeness (QED) is 0.0908. The van der Waals surface area contributed by atoms with Gasteiger partial charge in [-0.3, -0.25) is 19.4 Å². The molecule has 0 aliphatic carbocycles. The van der Waals surface area contributed by atoms with Crippen molar-refractivity contribution in [2.45, 2.75) is 26.8 Å². The van der Waals surface area contributed by atoms with Gasteiger partial charge in [-0.15, -0.1) is 0 Å². The molecule has 0 aliphatic rings. The predicted molar refractivity (Wildman–Crippen MR) is 153 cm³/mol. The number of fused-ring (bicyclic) bond motifs is 1. The van der Waals surface area contributed by atoms with Gasteiger partial charge in [0.2, 0.25) is 5.91 Å². The highest BCUT2D eigenvalue weighted by Gasteiger charge is 2.17. The third kappa shape index (κ3) is 8.55. The monoisotopic (exact) mass is 536 g/mol. The molecule has 0 saturated carbocycles. The molecule has 0 unspecified atom stereocenters. The summed E-state index contributed by atoms with van der Waals surface area (Å²) in [5, 5.41) is 12.1. The highest BCUT2D eigenvalue weighted by atomic mass is 16.2. The third-order valence-electron chi connectivity index (χ3n) is 5.49. The Hall–Kier alpha value is -4.94. The number of guanidine groups is 1. The van der Waals surface area contributed by atoms with E-state index in [0.717, 1.165) is 10.9 Å². The number of nitrogens with two attached hydrogens (primary N) is 3. The fourth-order valence-corrected chi connectivity index (χ4v) is 3.84. The maximum atomic E-state index is 13.0. The van der Waals surface area contributed by atoms with E-state index in [0.29, 0.717) is 48.2 Å². The number of rotatable bonds is 13. The van der Waals surface area contributed by atoms with E-state index in [4.69, 9.17) is 17.2 Å². The van der Waals surface area contributed by atoms with Crippen molar-refractivity contribution >= 4 is 46.0 Å². The molecule has 39 heavy (non-hydrogen) atoms. The van der Waals surface area contributed by atoms with Gasteiger partial charge in [-0.05, 0) is 36.2 Å². The number of nitrogens with one attached hydrogen (secondary N) is 5. The Balaban J connectivity index is 1.69. The van der Waals surface area contributed by atoms with E-state index in [-0.39, 0.29) is 42.6 Å². The highest BCUT2D eigenvalue weighted by Crippen LogP contribution is 2.22. The van der Waals surface area contributed by atoms with Gasteiger partial charge in [0.25, 0.3) is 11.8 Å². The lowest BCUT2D eigenvalue weighted by Crippen LogP contribution is -2.33. The molecule has 0 bridgehead atoms. The summed E-state index contributed by atoms with van der Waals surface area (Å²) in [7, 11) is 0. The SMILES string of the molecule is C=C(N)NCCNC(=O)c1cc(NC(=O)c2cc3cc(NC(=O)CCN=C(N)N)ccc3[nH]2)cn1CC(C)C. The molecule has 13 heteroatoms. The van der Waals surface area contributed by atoms with E-state index in [2.05, 4.69) is 37.8 Å². The first-order valence-electron chi connectivity index (χ1n) is 12.5. The molecule has 2 aromatic heterocycles. The van der Waals surface area contributed by atoms with Gasteiger partial charge in [-0.25, -0.2) is 0 Å². The number of nitrogens with zero attached hydrogens (tertiary/aromatic N) is 2. The number of anilines is 2. The Bertz CT molecular complexity index is 1380. The summed E-state index contributed by atoms with van der Waals surface area (Å²) in [4.78, 5) is 44.8. The standard InChI is InChI=1S/C26H36N10O3/c1-15(2)13-36-14-19(12-22(36)25(39)31-9-8-30-16(3)27)34-24(38)21-11-17-10-18(4-5-20(17)35-21)33-23(37)6-7-32-26(28)29/h4-5,10-12,14-15,30,35H,3,6-9,13,27H2,1-2H3,(H,31,39)(H,33,37)(H,34,38)(H4,28,29,32). The zero-order valence-electron chi connectivity index (χ0n) is 22.1. The first-order chi connectivity index (χ1) is 18.5. The van der Waals surface area contributed by atoms with Crippen molar-refractivity contribution in [1.29, 1.82) is 0 Å². The molecule has 208 valence electrons. The summed E-state index contributed by atoms with van der Waals surface area (Å²) in [5.41, 5.74) is 18.6. The lowest BCUT2D eigenvalue weighted by atomic mass is 10.2. The second-order valence-electron chi connectivity index (χ2n) is 9.41. The third-order valence-corrected chi connectivity index (χ3v) is 5.49. The fourth-order valence-electron chi connectivity index (χ4n) is 3.84. The number of aromatic nitrogens is 2. The van der Waals surface area contributed by atoms with Gasteiger partial charge in [0.15, 0.2) is 5.96 Å². The number of carbonyl (C=O) groups excluding carboxylic acids is 3. The molecule has 0 atom stereocenters. The van der Waals surface area contributed by atoms with Crippen LogP contribution in [0.5, 0.6) is 0 Å². The van der Waals surface area contributed by atoms with Crippen molar-refractivity contribution in [2.75, 3.05) is 30.3 Å². The number of hydrogen-bond donors (Lipinski definition) is 8. The molecule has 1 aromatic carbocycles. The van der Waals surface area contributed by atoms with Crippen molar-refractivity contribution in [2.24, 2.45) is 28.1 Å². The molecule has 2 heterocycles. The van der Waals surface area contributed by atoms with Crippen LogP contribution in [0, 0.1) is 5.92 Å². The van der Waals surface area contributed by atoms with Crippen molar-refractivity contribution in [1.82, 2.24) is 20.2 Å². The van der Waals surface area contributed by atoms with E-state index in [9.17, 15) is 14.4 Å². The average Bonchev–Trinajstić information content (AvgIpc) is 3.44. The molecular formula is C26H36N10O3. The van der Waals surface area contributed by atoms with Crippen molar-refractivity contribution in [3.8, 4) is 0 Å². The Morgan fingerprint density at radius 3 is 2.44 bits per heavy atom. The van der Waals surface area contributed by atoms with Crippen LogP contribution in [-0.4, -0.2) is 52.9 Å². The van der Waals surface area contributed by atoms with E-state index in [1.165, 1.54) is 0 Å². The normalized spacial score (nSPS) is 10.7. The number of hydrogen-bond acceptors (Lipinski definition) is 6. The number of benzene rings is 1. The zero-order valence-corrected chi connectivity index (χ0v) is 22.1. The number of aromatic amines is 1. The van der Waals surface area contributed by atoms with Gasteiger partial charge in [0.05, 0.1) is 18.1 Å². The summed E-state index contributed by atoms with van der Waals surface area (Å²) in [6, 6.07) is 8.60. The van der Waals surface area contributed by atoms with Crippen LogP contribution in [0.25, 0.3) is 10.9 Å². The smallest absolute Gasteiger partial charge is 0.272 e. The predicted octanol–water partition coefficient (Wildman–Crippen LogP) is 1.23. The number of H-pyrrole nitrogens is 1. The van der Waals surface area contributed by atoms with Crippen molar-refractivity contribution < 1.29 is 14.4 Å². The van der Waals surface area contributed by atoms with Gasteiger partial charge in [0.1, 0.15) is 11.4 Å². The lowest BCUT2D eigenvalue weighted by molar-refractivity contribution is -0.116. The van der Waals surface area contributed by atoms with Crippen LogP contribution in [0.1, 0.15) is 41.2 Å². The first kappa shape index (κ1) is 28.6. The molecule has 13 nitrogen and oxygen atoms in total. The van der Waals surface area contributed by atoms with Crippen LogP contribution in [0.3, 0.4) is 0 Å². The fraction of sp³-hybridized carbons (Fsp3) is 0.308. The van der Waals surface area contributed by atoms with Crippen LogP contribution in [0.15, 0.2) is 53.9 Å². The Labute approximate surface area is 226 Å². The summed E-state index contributed by atoms with van der Waals surface area (Å²) in [6.07, 6.45) is 1.87. The summed E-state index contributed by atoms with van der Waals surface area (Å²) in [6.45, 7) is 9.24. The summed E-state index contributed by atoms with van der Waals surface area (Å²) < 4.78 is 1.82. The van der Waals surface area contributed by atoms with Gasteiger partial charge in [0, 0.05) is 48.8 Å². The first-order valence-corrected chi connectivity index (χ1v) is 12.5. The van der Waals surface area contributed by atoms with Crippen molar-refractivity contribution in [3.63, 3.8) is 0 Å². The Kier molecular flexibility index (Phi) is 9.57. The summed E-state index contributed by atoms with van der Waals surface area (Å²) >= 11 is 0. The van der Waals surface area contributed by atoms with Crippen molar-refractivity contribution in [3.05, 3.63) is 60.3 Å². The van der Waals surface area contributed by atoms with E-state index < -0.39 is 0 Å². The van der Waals surface area contributed by atoms with E-state index in [1.54, 1.807) is 36.5 Å².